The first-order chi connectivity index (χ1) is 10.1. The zero-order chi connectivity index (χ0) is 15.2. The Morgan fingerprint density at radius 2 is 1.95 bits per heavy atom. The van der Waals surface area contributed by atoms with Gasteiger partial charge in [0.25, 0.3) is 0 Å². The molecule has 0 atom stereocenters. The Bertz CT molecular complexity index is 621. The fraction of sp³-hybridized carbons (Fsp3) is 0.250. The van der Waals surface area contributed by atoms with Gasteiger partial charge in [-0.05, 0) is 64.8 Å². The normalized spacial score (nSPS) is 10.7. The van der Waals surface area contributed by atoms with Crippen LogP contribution in [-0.2, 0) is 6.54 Å². The van der Waals surface area contributed by atoms with Crippen LogP contribution in [0, 0.1) is 5.82 Å². The highest BCUT2D eigenvalue weighted by atomic mass is 79.9. The van der Waals surface area contributed by atoms with E-state index in [0.29, 0.717) is 11.5 Å². The summed E-state index contributed by atoms with van der Waals surface area (Å²) in [5.41, 5.74) is 1.16. The van der Waals surface area contributed by atoms with E-state index >= 15 is 0 Å². The van der Waals surface area contributed by atoms with Crippen LogP contribution in [0.4, 0.5) is 4.39 Å². The van der Waals surface area contributed by atoms with Crippen LogP contribution in [-0.4, -0.2) is 6.54 Å². The van der Waals surface area contributed by atoms with Gasteiger partial charge >= 0.3 is 0 Å². The van der Waals surface area contributed by atoms with Gasteiger partial charge in [-0.2, -0.15) is 0 Å². The molecule has 0 amide bonds. The van der Waals surface area contributed by atoms with Crippen molar-refractivity contribution in [2.24, 2.45) is 0 Å². The molecule has 0 aliphatic carbocycles. The standard InChI is InChI=1S/C16H16BrClFNO/c1-2-7-20-10-11-3-5-15(13(17)8-11)21-16-6-4-12(19)9-14(16)18/h3-6,8-9,20H,2,7,10H2,1H3. The average molecular weight is 373 g/mol. The fourth-order valence-electron chi connectivity index (χ4n) is 1.82. The van der Waals surface area contributed by atoms with E-state index in [4.69, 9.17) is 16.3 Å². The summed E-state index contributed by atoms with van der Waals surface area (Å²) in [4.78, 5) is 0. The van der Waals surface area contributed by atoms with Crippen molar-refractivity contribution in [3.05, 3.63) is 57.3 Å². The first-order valence-electron chi connectivity index (χ1n) is 6.72. The van der Waals surface area contributed by atoms with Crippen LogP contribution in [0.1, 0.15) is 18.9 Å². The van der Waals surface area contributed by atoms with Gasteiger partial charge in [0.05, 0.1) is 9.50 Å². The highest BCUT2D eigenvalue weighted by molar-refractivity contribution is 9.10. The van der Waals surface area contributed by atoms with E-state index in [2.05, 4.69) is 28.2 Å². The lowest BCUT2D eigenvalue weighted by atomic mass is 10.2. The molecule has 2 aromatic carbocycles. The smallest absolute Gasteiger partial charge is 0.146 e. The zero-order valence-electron chi connectivity index (χ0n) is 11.6. The van der Waals surface area contributed by atoms with Crippen LogP contribution in [0.25, 0.3) is 0 Å². The second-order valence-electron chi connectivity index (χ2n) is 4.62. The topological polar surface area (TPSA) is 21.3 Å². The third-order valence-corrected chi connectivity index (χ3v) is 3.78. The molecule has 5 heteroatoms. The second-order valence-corrected chi connectivity index (χ2v) is 5.88. The third kappa shape index (κ3) is 4.70. The first-order valence-corrected chi connectivity index (χ1v) is 7.89. The molecule has 0 aliphatic heterocycles. The van der Waals surface area contributed by atoms with Gasteiger partial charge in [-0.3, -0.25) is 0 Å². The molecule has 2 rings (SSSR count). The molecule has 0 saturated carbocycles. The van der Waals surface area contributed by atoms with Crippen molar-refractivity contribution in [3.63, 3.8) is 0 Å². The highest BCUT2D eigenvalue weighted by Gasteiger charge is 2.08. The van der Waals surface area contributed by atoms with Crippen molar-refractivity contribution in [3.8, 4) is 11.5 Å². The summed E-state index contributed by atoms with van der Waals surface area (Å²) in [5.74, 6) is 0.683. The predicted molar refractivity (Wildman–Crippen MR) is 87.6 cm³/mol. The molecule has 0 saturated heterocycles. The minimum atomic E-state index is -0.385. The average Bonchev–Trinajstić information content (AvgIpc) is 2.44. The van der Waals surface area contributed by atoms with Crippen LogP contribution < -0.4 is 10.1 Å². The fourth-order valence-corrected chi connectivity index (χ4v) is 2.54. The Morgan fingerprint density at radius 1 is 1.19 bits per heavy atom. The van der Waals surface area contributed by atoms with E-state index in [1.165, 1.54) is 18.2 Å². The number of rotatable bonds is 6. The molecule has 21 heavy (non-hydrogen) atoms. The van der Waals surface area contributed by atoms with E-state index in [1.54, 1.807) is 0 Å². The maximum absolute atomic E-state index is 13.0. The molecule has 0 aromatic heterocycles. The largest absolute Gasteiger partial charge is 0.455 e. The van der Waals surface area contributed by atoms with Gasteiger partial charge < -0.3 is 10.1 Å². The quantitative estimate of drug-likeness (QED) is 0.673. The lowest BCUT2D eigenvalue weighted by Crippen LogP contribution is -2.13. The molecule has 2 nitrogen and oxygen atoms in total. The minimum Gasteiger partial charge on any atom is -0.455 e. The maximum atomic E-state index is 13.0. The van der Waals surface area contributed by atoms with E-state index in [9.17, 15) is 4.39 Å². The van der Waals surface area contributed by atoms with Crippen LogP contribution >= 0.6 is 27.5 Å². The number of hydrogen-bond donors (Lipinski definition) is 1. The maximum Gasteiger partial charge on any atom is 0.146 e. The number of benzene rings is 2. The Labute approximate surface area is 137 Å². The molecule has 0 bridgehead atoms. The molecule has 112 valence electrons. The molecule has 0 fully saturated rings. The molecular formula is C16H16BrClFNO. The van der Waals surface area contributed by atoms with E-state index in [1.807, 2.05) is 18.2 Å². The van der Waals surface area contributed by atoms with Crippen LogP contribution in [0.2, 0.25) is 5.02 Å². The number of halogens is 3. The Morgan fingerprint density at radius 3 is 2.62 bits per heavy atom. The molecule has 0 unspecified atom stereocenters. The van der Waals surface area contributed by atoms with Gasteiger partial charge in [0.2, 0.25) is 0 Å². The summed E-state index contributed by atoms with van der Waals surface area (Å²) in [6.07, 6.45) is 1.10. The zero-order valence-corrected chi connectivity index (χ0v) is 14.0. The van der Waals surface area contributed by atoms with Crippen molar-refractivity contribution in [1.82, 2.24) is 5.32 Å². The van der Waals surface area contributed by atoms with Gasteiger partial charge in [-0.1, -0.05) is 24.6 Å². The van der Waals surface area contributed by atoms with Crippen molar-refractivity contribution in [2.45, 2.75) is 19.9 Å². The Kier molecular flexibility index (Phi) is 6.03. The van der Waals surface area contributed by atoms with E-state index in [-0.39, 0.29) is 10.8 Å². The van der Waals surface area contributed by atoms with Gasteiger partial charge in [0.1, 0.15) is 17.3 Å². The Balaban J connectivity index is 2.10. The monoisotopic (exact) mass is 371 g/mol. The summed E-state index contributed by atoms with van der Waals surface area (Å²) in [5, 5.41) is 3.58. The minimum absolute atomic E-state index is 0.246. The number of ether oxygens (including phenoxy) is 1. The van der Waals surface area contributed by atoms with Crippen molar-refractivity contribution >= 4 is 27.5 Å². The predicted octanol–water partition coefficient (Wildman–Crippen LogP) is 5.53. The lowest BCUT2D eigenvalue weighted by Gasteiger charge is -2.11. The summed E-state index contributed by atoms with van der Waals surface area (Å²) in [6.45, 7) is 3.93. The van der Waals surface area contributed by atoms with Crippen LogP contribution in [0.15, 0.2) is 40.9 Å². The second kappa shape index (κ2) is 7.78. The molecule has 1 N–H and O–H groups in total. The first kappa shape index (κ1) is 16.3. The molecule has 0 aliphatic rings. The van der Waals surface area contributed by atoms with Crippen LogP contribution in [0.3, 0.4) is 0 Å². The number of hydrogen-bond acceptors (Lipinski definition) is 2. The van der Waals surface area contributed by atoms with Crippen molar-refractivity contribution in [2.75, 3.05) is 6.54 Å². The summed E-state index contributed by atoms with van der Waals surface area (Å²) < 4.78 is 19.6. The molecule has 0 heterocycles. The Hall–Kier alpha value is -1.10. The van der Waals surface area contributed by atoms with Gasteiger partial charge in [0, 0.05) is 6.54 Å². The molecular weight excluding hydrogens is 357 g/mol. The van der Waals surface area contributed by atoms with Crippen molar-refractivity contribution in [1.29, 1.82) is 0 Å². The van der Waals surface area contributed by atoms with Crippen LogP contribution in [0.5, 0.6) is 11.5 Å². The summed E-state index contributed by atoms with van der Waals surface area (Å²) in [6, 6.07) is 9.91. The summed E-state index contributed by atoms with van der Waals surface area (Å²) in [7, 11) is 0. The van der Waals surface area contributed by atoms with Gasteiger partial charge in [-0.15, -0.1) is 0 Å². The van der Waals surface area contributed by atoms with Gasteiger partial charge in [-0.25, -0.2) is 4.39 Å². The van der Waals surface area contributed by atoms with Gasteiger partial charge in [0.15, 0.2) is 0 Å². The highest BCUT2D eigenvalue weighted by Crippen LogP contribution is 2.34. The third-order valence-electron chi connectivity index (χ3n) is 2.87. The lowest BCUT2D eigenvalue weighted by molar-refractivity contribution is 0.477. The molecule has 0 radical (unpaired) electrons. The molecule has 0 spiro atoms. The van der Waals surface area contributed by atoms with Crippen molar-refractivity contribution < 1.29 is 9.13 Å². The molecule has 2 aromatic rings. The summed E-state index contributed by atoms with van der Waals surface area (Å²) >= 11 is 9.44. The number of nitrogens with one attached hydrogen (secondary N) is 1. The van der Waals surface area contributed by atoms with E-state index < -0.39 is 0 Å². The SMILES string of the molecule is CCCNCc1ccc(Oc2ccc(F)cc2Cl)c(Br)c1. The van der Waals surface area contributed by atoms with E-state index in [0.717, 1.165) is 29.5 Å².